The molecular weight excluding hydrogens is 244 g/mol. The summed E-state index contributed by atoms with van der Waals surface area (Å²) in [5.41, 5.74) is 6.00. The highest BCUT2D eigenvalue weighted by molar-refractivity contribution is 7.90. The monoisotopic (exact) mass is 256 g/mol. The highest BCUT2D eigenvalue weighted by Gasteiger charge is 2.40. The van der Waals surface area contributed by atoms with Gasteiger partial charge >= 0.3 is 0 Å². The minimum absolute atomic E-state index is 0.00620. The van der Waals surface area contributed by atoms with Crippen LogP contribution in [0.2, 0.25) is 0 Å². The van der Waals surface area contributed by atoms with Crippen LogP contribution in [-0.2, 0) is 14.8 Å². The largest absolute Gasteiger partial charge is 0.399 e. The maximum absolute atomic E-state index is 12.0. The average Bonchev–Trinajstić information content (AvgIpc) is 2.45. The number of rotatable bonds is 3. The Labute approximate surface area is 99.0 Å². The SMILES string of the molecule is COCCN1C(=O)c2ccc(N)cc2S1(=O)=O. The van der Waals surface area contributed by atoms with E-state index in [-0.39, 0.29) is 23.6 Å². The number of amides is 1. The molecule has 0 saturated carbocycles. The van der Waals surface area contributed by atoms with E-state index in [4.69, 9.17) is 10.5 Å². The molecule has 0 unspecified atom stereocenters. The van der Waals surface area contributed by atoms with E-state index in [1.807, 2.05) is 0 Å². The molecule has 1 aromatic carbocycles. The van der Waals surface area contributed by atoms with E-state index in [0.29, 0.717) is 5.69 Å². The Morgan fingerprint density at radius 2 is 2.12 bits per heavy atom. The fourth-order valence-electron chi connectivity index (χ4n) is 1.69. The summed E-state index contributed by atoms with van der Waals surface area (Å²) < 4.78 is 29.7. The van der Waals surface area contributed by atoms with Crippen LogP contribution in [0.4, 0.5) is 5.69 Å². The maximum Gasteiger partial charge on any atom is 0.269 e. The van der Waals surface area contributed by atoms with Crippen molar-refractivity contribution in [1.82, 2.24) is 4.31 Å². The number of hydrogen-bond donors (Lipinski definition) is 1. The van der Waals surface area contributed by atoms with Crippen molar-refractivity contribution in [3.8, 4) is 0 Å². The summed E-state index contributed by atoms with van der Waals surface area (Å²) in [6.07, 6.45) is 0. The maximum atomic E-state index is 12.0. The molecule has 17 heavy (non-hydrogen) atoms. The predicted octanol–water partition coefficient (Wildman–Crippen LogP) is 0.0597. The molecule has 0 radical (unpaired) electrons. The van der Waals surface area contributed by atoms with Crippen LogP contribution in [0.1, 0.15) is 10.4 Å². The Kier molecular flexibility index (Phi) is 2.80. The number of hydrogen-bond acceptors (Lipinski definition) is 5. The van der Waals surface area contributed by atoms with Gasteiger partial charge < -0.3 is 10.5 Å². The number of sulfonamides is 1. The number of nitrogens with two attached hydrogens (primary N) is 1. The molecule has 0 spiro atoms. The first-order valence-electron chi connectivity index (χ1n) is 4.94. The second-order valence-corrected chi connectivity index (χ2v) is 5.46. The topological polar surface area (TPSA) is 89.7 Å². The van der Waals surface area contributed by atoms with Crippen LogP contribution in [0.15, 0.2) is 23.1 Å². The number of nitrogens with zero attached hydrogens (tertiary/aromatic N) is 1. The van der Waals surface area contributed by atoms with Crippen molar-refractivity contribution < 1.29 is 17.9 Å². The van der Waals surface area contributed by atoms with Crippen molar-refractivity contribution >= 4 is 21.6 Å². The van der Waals surface area contributed by atoms with Crippen LogP contribution in [0, 0.1) is 0 Å². The molecule has 0 aliphatic carbocycles. The number of methoxy groups -OCH3 is 1. The number of benzene rings is 1. The lowest BCUT2D eigenvalue weighted by Gasteiger charge is -2.13. The molecule has 6 nitrogen and oxygen atoms in total. The number of nitrogen functional groups attached to an aromatic ring is 1. The molecule has 92 valence electrons. The van der Waals surface area contributed by atoms with Gasteiger partial charge in [-0.25, -0.2) is 12.7 Å². The Balaban J connectivity index is 2.49. The van der Waals surface area contributed by atoms with E-state index in [1.165, 1.54) is 25.3 Å². The predicted molar refractivity (Wildman–Crippen MR) is 61.0 cm³/mol. The zero-order valence-electron chi connectivity index (χ0n) is 9.21. The molecule has 1 aliphatic rings. The highest BCUT2D eigenvalue weighted by Crippen LogP contribution is 2.31. The second-order valence-electron chi connectivity index (χ2n) is 3.63. The summed E-state index contributed by atoms with van der Waals surface area (Å²) in [6, 6.07) is 4.23. The molecule has 0 fully saturated rings. The lowest BCUT2D eigenvalue weighted by molar-refractivity contribution is 0.0837. The van der Waals surface area contributed by atoms with E-state index in [1.54, 1.807) is 0 Å². The minimum Gasteiger partial charge on any atom is -0.399 e. The number of fused-ring (bicyclic) bond motifs is 1. The molecule has 0 bridgehead atoms. The lowest BCUT2D eigenvalue weighted by Crippen LogP contribution is -2.32. The van der Waals surface area contributed by atoms with Crippen LogP contribution in [0.3, 0.4) is 0 Å². The Bertz CT molecular complexity index is 568. The highest BCUT2D eigenvalue weighted by atomic mass is 32.2. The fraction of sp³-hybridized carbons (Fsp3) is 0.300. The quantitative estimate of drug-likeness (QED) is 0.772. The minimum atomic E-state index is -3.77. The van der Waals surface area contributed by atoms with Crippen molar-refractivity contribution in [1.29, 1.82) is 0 Å². The summed E-state index contributed by atoms with van der Waals surface area (Å²) in [7, 11) is -2.32. The van der Waals surface area contributed by atoms with Gasteiger partial charge in [0.25, 0.3) is 15.9 Å². The van der Waals surface area contributed by atoms with Gasteiger partial charge in [-0.3, -0.25) is 4.79 Å². The van der Waals surface area contributed by atoms with Gasteiger partial charge in [-0.15, -0.1) is 0 Å². The Morgan fingerprint density at radius 3 is 2.76 bits per heavy atom. The van der Waals surface area contributed by atoms with Crippen LogP contribution in [0.5, 0.6) is 0 Å². The number of anilines is 1. The second kappa shape index (κ2) is 4.01. The third-order valence-electron chi connectivity index (χ3n) is 2.53. The zero-order chi connectivity index (χ0) is 12.6. The molecule has 2 rings (SSSR count). The molecule has 7 heteroatoms. The first-order valence-corrected chi connectivity index (χ1v) is 6.38. The van der Waals surface area contributed by atoms with Gasteiger partial charge in [0, 0.05) is 12.8 Å². The Morgan fingerprint density at radius 1 is 1.41 bits per heavy atom. The third-order valence-corrected chi connectivity index (χ3v) is 4.35. The standard InChI is InChI=1S/C10H12N2O4S/c1-16-5-4-12-10(13)8-3-2-7(11)6-9(8)17(12,14)15/h2-3,6H,4-5,11H2,1H3. The molecule has 0 aromatic heterocycles. The fourth-order valence-corrected chi connectivity index (χ4v) is 3.27. The van der Waals surface area contributed by atoms with Crippen LogP contribution in [-0.4, -0.2) is 38.9 Å². The first-order chi connectivity index (χ1) is 7.98. The van der Waals surface area contributed by atoms with Gasteiger partial charge in [0.15, 0.2) is 0 Å². The smallest absolute Gasteiger partial charge is 0.269 e. The van der Waals surface area contributed by atoms with Crippen molar-refractivity contribution in [2.75, 3.05) is 26.0 Å². The summed E-state index contributed by atoms with van der Waals surface area (Å²) in [6.45, 7) is 0.167. The molecule has 0 atom stereocenters. The molecule has 1 aliphatic heterocycles. The van der Waals surface area contributed by atoms with Gasteiger partial charge in [0.05, 0.1) is 18.7 Å². The van der Waals surface area contributed by atoms with Gasteiger partial charge in [0.2, 0.25) is 0 Å². The van der Waals surface area contributed by atoms with Crippen LogP contribution in [0.25, 0.3) is 0 Å². The van der Waals surface area contributed by atoms with Crippen LogP contribution >= 0.6 is 0 Å². The van der Waals surface area contributed by atoms with Crippen molar-refractivity contribution in [2.24, 2.45) is 0 Å². The lowest BCUT2D eigenvalue weighted by atomic mass is 10.2. The van der Waals surface area contributed by atoms with Gasteiger partial charge in [-0.1, -0.05) is 0 Å². The molecular formula is C10H12N2O4S. The van der Waals surface area contributed by atoms with Crippen LogP contribution < -0.4 is 5.73 Å². The van der Waals surface area contributed by atoms with Crippen molar-refractivity contribution in [2.45, 2.75) is 4.90 Å². The van der Waals surface area contributed by atoms with Gasteiger partial charge in [-0.05, 0) is 18.2 Å². The third kappa shape index (κ3) is 1.77. The number of carbonyl (C=O) groups excluding carboxylic acids is 1. The van der Waals surface area contributed by atoms with E-state index in [0.717, 1.165) is 4.31 Å². The van der Waals surface area contributed by atoms with Crippen molar-refractivity contribution in [3.05, 3.63) is 23.8 Å². The molecule has 0 saturated heterocycles. The van der Waals surface area contributed by atoms with E-state index in [2.05, 4.69) is 0 Å². The van der Waals surface area contributed by atoms with E-state index in [9.17, 15) is 13.2 Å². The number of carbonyl (C=O) groups is 1. The van der Waals surface area contributed by atoms with Gasteiger partial charge in [0.1, 0.15) is 4.90 Å². The first kappa shape index (κ1) is 11.9. The summed E-state index contributed by atoms with van der Waals surface area (Å²) >= 11 is 0. The molecule has 1 aromatic rings. The van der Waals surface area contributed by atoms with Crippen molar-refractivity contribution in [3.63, 3.8) is 0 Å². The van der Waals surface area contributed by atoms with Gasteiger partial charge in [-0.2, -0.15) is 0 Å². The average molecular weight is 256 g/mol. The van der Waals surface area contributed by atoms with E-state index < -0.39 is 15.9 Å². The summed E-state index contributed by atoms with van der Waals surface area (Å²) in [5.74, 6) is -0.531. The summed E-state index contributed by atoms with van der Waals surface area (Å²) in [5, 5.41) is 0. The molecule has 2 N–H and O–H groups in total. The summed E-state index contributed by atoms with van der Waals surface area (Å²) in [4.78, 5) is 11.9. The zero-order valence-corrected chi connectivity index (χ0v) is 10.0. The Hall–Kier alpha value is -1.60. The molecule has 1 amide bonds. The molecule has 1 heterocycles. The van der Waals surface area contributed by atoms with E-state index >= 15 is 0 Å². The number of ether oxygens (including phenoxy) is 1. The normalized spacial score (nSPS) is 17.2.